The SMILES string of the molecule is O=C(Cc1cccc(Cl)c1)NC1CCc2[nH]c3ccc(F)cc3c2C1. The Morgan fingerprint density at radius 2 is 2.16 bits per heavy atom. The van der Waals surface area contributed by atoms with Gasteiger partial charge in [0.25, 0.3) is 0 Å². The Balaban J connectivity index is 1.48. The molecule has 0 radical (unpaired) electrons. The summed E-state index contributed by atoms with van der Waals surface area (Å²) in [5.74, 6) is -0.247. The molecule has 3 nitrogen and oxygen atoms in total. The third-order valence-corrected chi connectivity index (χ3v) is 5.00. The molecule has 25 heavy (non-hydrogen) atoms. The molecule has 0 fully saturated rings. The van der Waals surface area contributed by atoms with Crippen molar-refractivity contribution >= 4 is 28.4 Å². The van der Waals surface area contributed by atoms with E-state index in [9.17, 15) is 9.18 Å². The van der Waals surface area contributed by atoms with Gasteiger partial charge in [0, 0.05) is 27.7 Å². The highest BCUT2D eigenvalue weighted by Gasteiger charge is 2.24. The molecule has 1 aromatic heterocycles. The maximum Gasteiger partial charge on any atom is 0.224 e. The van der Waals surface area contributed by atoms with Crippen LogP contribution in [0.4, 0.5) is 4.39 Å². The number of carbonyl (C=O) groups is 1. The van der Waals surface area contributed by atoms with Crippen molar-refractivity contribution in [1.82, 2.24) is 10.3 Å². The lowest BCUT2D eigenvalue weighted by Crippen LogP contribution is -2.39. The summed E-state index contributed by atoms with van der Waals surface area (Å²) in [4.78, 5) is 15.7. The summed E-state index contributed by atoms with van der Waals surface area (Å²) in [7, 11) is 0. The largest absolute Gasteiger partial charge is 0.358 e. The molecule has 0 aliphatic heterocycles. The van der Waals surface area contributed by atoms with Gasteiger partial charge in [-0.25, -0.2) is 4.39 Å². The van der Waals surface area contributed by atoms with Crippen LogP contribution in [0.3, 0.4) is 0 Å². The number of aromatic nitrogens is 1. The molecule has 1 heterocycles. The van der Waals surface area contributed by atoms with Crippen LogP contribution in [0, 0.1) is 5.82 Å². The van der Waals surface area contributed by atoms with E-state index in [0.29, 0.717) is 11.4 Å². The first-order valence-electron chi connectivity index (χ1n) is 8.41. The Labute approximate surface area is 150 Å². The van der Waals surface area contributed by atoms with Gasteiger partial charge in [0.1, 0.15) is 5.82 Å². The number of amides is 1. The number of H-pyrrole nitrogens is 1. The molecule has 0 bridgehead atoms. The van der Waals surface area contributed by atoms with Crippen LogP contribution in [0.5, 0.6) is 0 Å². The Bertz CT molecular complexity index is 950. The molecule has 1 atom stereocenters. The first-order valence-corrected chi connectivity index (χ1v) is 8.79. The molecule has 3 aromatic rings. The summed E-state index contributed by atoms with van der Waals surface area (Å²) in [5, 5.41) is 4.66. The predicted molar refractivity (Wildman–Crippen MR) is 97.4 cm³/mol. The van der Waals surface area contributed by atoms with Gasteiger partial charge in [-0.3, -0.25) is 4.79 Å². The van der Waals surface area contributed by atoms with E-state index >= 15 is 0 Å². The van der Waals surface area contributed by atoms with Crippen molar-refractivity contribution < 1.29 is 9.18 Å². The van der Waals surface area contributed by atoms with E-state index in [2.05, 4.69) is 10.3 Å². The Hall–Kier alpha value is -2.33. The zero-order chi connectivity index (χ0) is 17.4. The maximum atomic E-state index is 13.6. The summed E-state index contributed by atoms with van der Waals surface area (Å²) < 4.78 is 13.6. The highest BCUT2D eigenvalue weighted by Crippen LogP contribution is 2.29. The van der Waals surface area contributed by atoms with Crippen LogP contribution in [0.2, 0.25) is 5.02 Å². The number of carbonyl (C=O) groups excluding carboxylic acids is 1. The average molecular weight is 357 g/mol. The second-order valence-electron chi connectivity index (χ2n) is 6.59. The molecule has 0 saturated heterocycles. The minimum absolute atomic E-state index is 0.0123. The minimum Gasteiger partial charge on any atom is -0.358 e. The lowest BCUT2D eigenvalue weighted by Gasteiger charge is -2.23. The highest BCUT2D eigenvalue weighted by molar-refractivity contribution is 6.30. The lowest BCUT2D eigenvalue weighted by molar-refractivity contribution is -0.121. The van der Waals surface area contributed by atoms with Crippen LogP contribution in [-0.4, -0.2) is 16.9 Å². The Morgan fingerprint density at radius 3 is 3.00 bits per heavy atom. The van der Waals surface area contributed by atoms with Crippen molar-refractivity contribution in [2.45, 2.75) is 31.7 Å². The van der Waals surface area contributed by atoms with Crippen molar-refractivity contribution in [3.8, 4) is 0 Å². The highest BCUT2D eigenvalue weighted by atomic mass is 35.5. The molecule has 4 rings (SSSR count). The van der Waals surface area contributed by atoms with Crippen molar-refractivity contribution in [2.75, 3.05) is 0 Å². The quantitative estimate of drug-likeness (QED) is 0.726. The van der Waals surface area contributed by atoms with Gasteiger partial charge < -0.3 is 10.3 Å². The second-order valence-corrected chi connectivity index (χ2v) is 7.02. The second kappa shape index (κ2) is 6.52. The number of fused-ring (bicyclic) bond motifs is 3. The van der Waals surface area contributed by atoms with E-state index in [-0.39, 0.29) is 17.8 Å². The first-order chi connectivity index (χ1) is 12.1. The fraction of sp³-hybridized carbons (Fsp3) is 0.250. The summed E-state index contributed by atoms with van der Waals surface area (Å²) in [6, 6.07) is 12.2. The molecule has 2 N–H and O–H groups in total. The molecule has 2 aromatic carbocycles. The van der Waals surface area contributed by atoms with E-state index in [0.717, 1.165) is 47.0 Å². The fourth-order valence-corrected chi connectivity index (χ4v) is 3.84. The van der Waals surface area contributed by atoms with Crippen LogP contribution < -0.4 is 5.32 Å². The molecule has 1 aliphatic rings. The molecular weight excluding hydrogens is 339 g/mol. The van der Waals surface area contributed by atoms with Crippen LogP contribution in [0.25, 0.3) is 10.9 Å². The third-order valence-electron chi connectivity index (χ3n) is 4.77. The molecule has 1 unspecified atom stereocenters. The number of aromatic amines is 1. The molecule has 1 aliphatic carbocycles. The lowest BCUT2D eigenvalue weighted by atomic mass is 9.91. The number of aryl methyl sites for hydroxylation is 1. The Kier molecular flexibility index (Phi) is 4.22. The number of halogens is 2. The van der Waals surface area contributed by atoms with Crippen LogP contribution in [-0.2, 0) is 24.1 Å². The van der Waals surface area contributed by atoms with E-state index in [1.54, 1.807) is 18.2 Å². The smallest absolute Gasteiger partial charge is 0.224 e. The van der Waals surface area contributed by atoms with Crippen LogP contribution in [0.1, 0.15) is 23.2 Å². The first kappa shape index (κ1) is 16.2. The third kappa shape index (κ3) is 3.40. The number of nitrogens with one attached hydrogen (secondary N) is 2. The zero-order valence-corrected chi connectivity index (χ0v) is 14.4. The molecule has 128 valence electrons. The summed E-state index contributed by atoms with van der Waals surface area (Å²) >= 11 is 5.97. The maximum absolute atomic E-state index is 13.6. The van der Waals surface area contributed by atoms with Gasteiger partial charge in [-0.05, 0) is 60.7 Å². The van der Waals surface area contributed by atoms with Crippen LogP contribution >= 0.6 is 11.6 Å². The van der Waals surface area contributed by atoms with Crippen molar-refractivity contribution in [1.29, 1.82) is 0 Å². The number of hydrogen-bond donors (Lipinski definition) is 2. The standard InChI is InChI=1S/C20H18ClFN2O/c21-13-3-1-2-12(8-13)9-20(25)23-15-5-7-19-17(11-15)16-10-14(22)4-6-18(16)24-19/h1-4,6,8,10,15,24H,5,7,9,11H2,(H,23,25). The minimum atomic E-state index is -0.235. The van der Waals surface area contributed by atoms with Gasteiger partial charge in [-0.15, -0.1) is 0 Å². The summed E-state index contributed by atoms with van der Waals surface area (Å²) in [6.45, 7) is 0. The van der Waals surface area contributed by atoms with E-state index < -0.39 is 0 Å². The van der Waals surface area contributed by atoms with Gasteiger partial charge in [0.05, 0.1) is 6.42 Å². The van der Waals surface area contributed by atoms with Gasteiger partial charge >= 0.3 is 0 Å². The zero-order valence-electron chi connectivity index (χ0n) is 13.6. The van der Waals surface area contributed by atoms with E-state index in [4.69, 9.17) is 11.6 Å². The fourth-order valence-electron chi connectivity index (χ4n) is 3.62. The number of hydrogen-bond acceptors (Lipinski definition) is 1. The van der Waals surface area contributed by atoms with Crippen molar-refractivity contribution in [3.63, 3.8) is 0 Å². The topological polar surface area (TPSA) is 44.9 Å². The van der Waals surface area contributed by atoms with Crippen molar-refractivity contribution in [2.24, 2.45) is 0 Å². The molecular formula is C20H18ClFN2O. The normalized spacial score (nSPS) is 16.6. The van der Waals surface area contributed by atoms with Gasteiger partial charge in [-0.1, -0.05) is 23.7 Å². The van der Waals surface area contributed by atoms with Gasteiger partial charge in [-0.2, -0.15) is 0 Å². The van der Waals surface area contributed by atoms with Crippen molar-refractivity contribution in [3.05, 3.63) is 70.1 Å². The van der Waals surface area contributed by atoms with Crippen LogP contribution in [0.15, 0.2) is 42.5 Å². The molecule has 0 spiro atoms. The van der Waals surface area contributed by atoms with E-state index in [1.165, 1.54) is 6.07 Å². The summed E-state index contributed by atoms with van der Waals surface area (Å²) in [5.41, 5.74) is 4.13. The number of rotatable bonds is 3. The van der Waals surface area contributed by atoms with E-state index in [1.807, 2.05) is 18.2 Å². The predicted octanol–water partition coefficient (Wildman–Crippen LogP) is 4.18. The summed E-state index contributed by atoms with van der Waals surface area (Å²) in [6.07, 6.45) is 2.77. The number of benzene rings is 2. The monoisotopic (exact) mass is 356 g/mol. The molecule has 5 heteroatoms. The van der Waals surface area contributed by atoms with Gasteiger partial charge in [0.15, 0.2) is 0 Å². The Morgan fingerprint density at radius 1 is 1.28 bits per heavy atom. The average Bonchev–Trinajstić information content (AvgIpc) is 2.92. The molecule has 0 saturated carbocycles. The van der Waals surface area contributed by atoms with Gasteiger partial charge in [0.2, 0.25) is 5.91 Å². The molecule has 1 amide bonds.